The Morgan fingerprint density at radius 1 is 0.848 bits per heavy atom. The molecule has 0 bridgehead atoms. The molecule has 33 heavy (non-hydrogen) atoms. The van der Waals surface area contributed by atoms with Crippen LogP contribution in [-0.4, -0.2) is 33.9 Å². The molecule has 1 aliphatic rings. The molecule has 0 radical (unpaired) electrons. The van der Waals surface area contributed by atoms with Crippen LogP contribution in [0.15, 0.2) is 91.0 Å². The Balaban J connectivity index is 1.54. The molecule has 4 rings (SSSR count). The van der Waals surface area contributed by atoms with E-state index in [-0.39, 0.29) is 23.3 Å². The summed E-state index contributed by atoms with van der Waals surface area (Å²) in [5.74, 6) is -1.13. The molecular formula is C25H22N4O3S. The third kappa shape index (κ3) is 5.07. The molecule has 2 N–H and O–H groups in total. The van der Waals surface area contributed by atoms with Gasteiger partial charge in [-0.25, -0.2) is 5.01 Å². The second kappa shape index (κ2) is 10.1. The predicted octanol–water partition coefficient (Wildman–Crippen LogP) is 3.04. The number of hydrazine groups is 1. The molecule has 3 aromatic carbocycles. The van der Waals surface area contributed by atoms with E-state index in [9.17, 15) is 14.4 Å². The van der Waals surface area contributed by atoms with E-state index < -0.39 is 11.9 Å². The lowest BCUT2D eigenvalue weighted by atomic mass is 10.1. The van der Waals surface area contributed by atoms with Gasteiger partial charge in [0.15, 0.2) is 0 Å². The minimum absolute atomic E-state index is 0.108. The second-order valence-corrected chi connectivity index (χ2v) is 7.82. The molecular weight excluding hydrogens is 436 g/mol. The Morgan fingerprint density at radius 2 is 1.42 bits per heavy atom. The molecule has 1 unspecified atom stereocenters. The van der Waals surface area contributed by atoms with Crippen molar-refractivity contribution in [1.29, 1.82) is 0 Å². The van der Waals surface area contributed by atoms with Crippen LogP contribution in [0.3, 0.4) is 0 Å². The molecule has 0 aromatic heterocycles. The third-order valence-electron chi connectivity index (χ3n) is 5.20. The van der Waals surface area contributed by atoms with Gasteiger partial charge in [0.1, 0.15) is 6.04 Å². The molecule has 7 nitrogen and oxygen atoms in total. The van der Waals surface area contributed by atoms with E-state index in [1.807, 2.05) is 36.4 Å². The normalized spacial score (nSPS) is 15.5. The molecule has 8 heteroatoms. The Labute approximate surface area is 197 Å². The van der Waals surface area contributed by atoms with Gasteiger partial charge in [0, 0.05) is 12.1 Å². The summed E-state index contributed by atoms with van der Waals surface area (Å²) in [7, 11) is 0. The fourth-order valence-corrected chi connectivity index (χ4v) is 3.89. The first-order chi connectivity index (χ1) is 16.0. The zero-order valence-corrected chi connectivity index (χ0v) is 18.5. The number of para-hydroxylation sites is 1. The number of thiocarbonyl (C=S) groups is 1. The van der Waals surface area contributed by atoms with Gasteiger partial charge in [-0.15, -0.1) is 0 Å². The number of carbonyl (C=O) groups is 3. The maximum Gasteiger partial charge on any atom is 0.269 e. The lowest BCUT2D eigenvalue weighted by Crippen LogP contribution is -2.50. The number of rotatable bonds is 7. The summed E-state index contributed by atoms with van der Waals surface area (Å²) in [6.45, 7) is 0.337. The highest BCUT2D eigenvalue weighted by Crippen LogP contribution is 2.26. The summed E-state index contributed by atoms with van der Waals surface area (Å²) in [5, 5.41) is 4.24. The van der Waals surface area contributed by atoms with Gasteiger partial charge in [-0.3, -0.25) is 24.7 Å². The Hall–Kier alpha value is -4.04. The average molecular weight is 459 g/mol. The highest BCUT2D eigenvalue weighted by atomic mass is 32.1. The monoisotopic (exact) mass is 458 g/mol. The van der Waals surface area contributed by atoms with Crippen molar-refractivity contribution >= 4 is 40.7 Å². The number of nitrogens with one attached hydrogen (secondary N) is 2. The number of anilines is 1. The molecule has 0 spiro atoms. The maximum atomic E-state index is 13.3. The van der Waals surface area contributed by atoms with Gasteiger partial charge in [0.05, 0.1) is 12.1 Å². The minimum Gasteiger partial charge on any atom is -0.352 e. The number of nitrogens with zero attached hydrogens (tertiary/aromatic N) is 2. The van der Waals surface area contributed by atoms with Crippen LogP contribution in [0.25, 0.3) is 0 Å². The topological polar surface area (TPSA) is 81.8 Å². The number of hydrogen-bond donors (Lipinski definition) is 2. The molecule has 3 amide bonds. The highest BCUT2D eigenvalue weighted by molar-refractivity contribution is 7.80. The van der Waals surface area contributed by atoms with Crippen LogP contribution in [0.2, 0.25) is 0 Å². The van der Waals surface area contributed by atoms with E-state index in [0.29, 0.717) is 17.8 Å². The summed E-state index contributed by atoms with van der Waals surface area (Å²) in [6.07, 6.45) is -0.162. The van der Waals surface area contributed by atoms with Gasteiger partial charge in [-0.1, -0.05) is 66.7 Å². The summed E-state index contributed by atoms with van der Waals surface area (Å²) < 4.78 is 0. The van der Waals surface area contributed by atoms with E-state index in [1.165, 1.54) is 9.91 Å². The molecule has 3 aromatic rings. The minimum atomic E-state index is -0.971. The quantitative estimate of drug-likeness (QED) is 0.532. The largest absolute Gasteiger partial charge is 0.352 e. The molecule has 166 valence electrons. The summed E-state index contributed by atoms with van der Waals surface area (Å²) in [4.78, 5) is 40.2. The number of hydrogen-bond acceptors (Lipinski definition) is 4. The fraction of sp³-hybridized carbons (Fsp3) is 0.120. The van der Waals surface area contributed by atoms with Crippen molar-refractivity contribution in [3.63, 3.8) is 0 Å². The molecule has 1 fully saturated rings. The van der Waals surface area contributed by atoms with Crippen molar-refractivity contribution < 1.29 is 14.4 Å². The smallest absolute Gasteiger partial charge is 0.269 e. The van der Waals surface area contributed by atoms with E-state index in [4.69, 9.17) is 12.2 Å². The zero-order chi connectivity index (χ0) is 23.2. The Bertz CT molecular complexity index is 1160. The standard InChI is InChI=1S/C25H22N4O3S/c30-22(26-17-18-10-4-1-5-11-18)16-21-24(32)28(20-14-8-3-9-15-20)25(33)29(21)27-23(31)19-12-6-2-7-13-19/h1-15,21H,16-17H2,(H,26,30)(H,27,31). The SMILES string of the molecule is O=C(CC1C(=O)N(c2ccccc2)C(=S)N1NC(=O)c1ccccc1)NCc1ccccc1. The van der Waals surface area contributed by atoms with E-state index in [2.05, 4.69) is 10.7 Å². The van der Waals surface area contributed by atoms with Crippen LogP contribution in [-0.2, 0) is 16.1 Å². The van der Waals surface area contributed by atoms with Crippen LogP contribution in [0.1, 0.15) is 22.3 Å². The maximum absolute atomic E-state index is 13.3. The van der Waals surface area contributed by atoms with E-state index in [1.54, 1.807) is 54.6 Å². The number of benzene rings is 3. The van der Waals surface area contributed by atoms with Gasteiger partial charge in [-0.2, -0.15) is 0 Å². The van der Waals surface area contributed by atoms with Crippen LogP contribution in [0.4, 0.5) is 5.69 Å². The van der Waals surface area contributed by atoms with Gasteiger partial charge < -0.3 is 5.32 Å². The Kier molecular flexibility index (Phi) is 6.75. The first-order valence-electron chi connectivity index (χ1n) is 10.4. The Morgan fingerprint density at radius 3 is 2.06 bits per heavy atom. The van der Waals surface area contributed by atoms with E-state index >= 15 is 0 Å². The van der Waals surface area contributed by atoms with Gasteiger partial charge in [0.25, 0.3) is 11.8 Å². The lowest BCUT2D eigenvalue weighted by molar-refractivity contribution is -0.127. The van der Waals surface area contributed by atoms with Crippen molar-refractivity contribution in [2.24, 2.45) is 0 Å². The highest BCUT2D eigenvalue weighted by Gasteiger charge is 2.45. The molecule has 1 atom stereocenters. The van der Waals surface area contributed by atoms with Crippen LogP contribution < -0.4 is 15.6 Å². The number of amides is 3. The predicted molar refractivity (Wildman–Crippen MR) is 129 cm³/mol. The van der Waals surface area contributed by atoms with Crippen molar-refractivity contribution in [2.75, 3.05) is 4.90 Å². The second-order valence-electron chi connectivity index (χ2n) is 7.45. The average Bonchev–Trinajstić information content (AvgIpc) is 3.08. The van der Waals surface area contributed by atoms with Crippen molar-refractivity contribution in [3.8, 4) is 0 Å². The molecule has 0 aliphatic carbocycles. The van der Waals surface area contributed by atoms with Crippen molar-refractivity contribution in [1.82, 2.24) is 15.8 Å². The van der Waals surface area contributed by atoms with Crippen molar-refractivity contribution in [2.45, 2.75) is 19.0 Å². The summed E-state index contributed by atoms with van der Waals surface area (Å²) >= 11 is 5.55. The first kappa shape index (κ1) is 22.2. The summed E-state index contributed by atoms with van der Waals surface area (Å²) in [6, 6.07) is 26.0. The molecule has 1 saturated heterocycles. The third-order valence-corrected chi connectivity index (χ3v) is 5.58. The van der Waals surface area contributed by atoms with Crippen molar-refractivity contribution in [3.05, 3.63) is 102 Å². The van der Waals surface area contributed by atoms with Crippen LogP contribution in [0.5, 0.6) is 0 Å². The lowest BCUT2D eigenvalue weighted by Gasteiger charge is -2.24. The molecule has 1 aliphatic heterocycles. The van der Waals surface area contributed by atoms with Crippen LogP contribution in [0, 0.1) is 0 Å². The van der Waals surface area contributed by atoms with Gasteiger partial charge in [0.2, 0.25) is 11.0 Å². The van der Waals surface area contributed by atoms with E-state index in [0.717, 1.165) is 5.56 Å². The van der Waals surface area contributed by atoms with Gasteiger partial charge >= 0.3 is 0 Å². The molecule has 1 heterocycles. The fourth-order valence-electron chi connectivity index (χ4n) is 3.52. The molecule has 0 saturated carbocycles. The first-order valence-corrected chi connectivity index (χ1v) is 10.8. The van der Waals surface area contributed by atoms with Crippen LogP contribution >= 0.6 is 12.2 Å². The zero-order valence-electron chi connectivity index (χ0n) is 17.7. The summed E-state index contributed by atoms with van der Waals surface area (Å²) in [5.41, 5.74) is 4.64. The van der Waals surface area contributed by atoms with Gasteiger partial charge in [-0.05, 0) is 42.0 Å². The number of carbonyl (C=O) groups excluding carboxylic acids is 3.